The van der Waals surface area contributed by atoms with Gasteiger partial charge in [0.1, 0.15) is 10.7 Å². The van der Waals surface area contributed by atoms with Gasteiger partial charge < -0.3 is 15.5 Å². The predicted molar refractivity (Wildman–Crippen MR) is 117 cm³/mol. The normalized spacial score (nSPS) is 13.9. The van der Waals surface area contributed by atoms with Crippen molar-refractivity contribution < 1.29 is 9.59 Å². The van der Waals surface area contributed by atoms with Crippen LogP contribution in [0, 0.1) is 0 Å². The molecule has 0 spiro atoms. The summed E-state index contributed by atoms with van der Waals surface area (Å²) in [4.78, 5) is 30.5. The third-order valence-electron chi connectivity index (χ3n) is 4.41. The van der Waals surface area contributed by atoms with Gasteiger partial charge in [-0.15, -0.1) is 11.3 Å². The number of nitrogens with zero attached hydrogens (tertiary/aromatic N) is 2. The highest BCUT2D eigenvalue weighted by Gasteiger charge is 2.19. The van der Waals surface area contributed by atoms with E-state index in [2.05, 4.69) is 15.6 Å². The molecule has 2 amide bonds. The lowest BCUT2D eigenvalue weighted by Gasteiger charge is -2.29. The second-order valence-electron chi connectivity index (χ2n) is 6.44. The Morgan fingerprint density at radius 2 is 1.97 bits per heavy atom. The molecule has 0 aliphatic carbocycles. The van der Waals surface area contributed by atoms with Crippen LogP contribution >= 0.6 is 34.5 Å². The zero-order chi connectivity index (χ0) is 20.4. The highest BCUT2D eigenvalue weighted by Crippen LogP contribution is 2.30. The molecular weight excluding hydrogens is 431 g/mol. The van der Waals surface area contributed by atoms with Gasteiger partial charge in [-0.2, -0.15) is 0 Å². The van der Waals surface area contributed by atoms with Gasteiger partial charge in [0.05, 0.1) is 17.3 Å². The van der Waals surface area contributed by atoms with Crippen LogP contribution in [0.15, 0.2) is 47.8 Å². The summed E-state index contributed by atoms with van der Waals surface area (Å²) < 4.78 is 0. The molecule has 0 bridgehead atoms. The molecule has 4 rings (SSSR count). The number of carbonyl (C=O) groups is 2. The van der Waals surface area contributed by atoms with E-state index in [-0.39, 0.29) is 18.4 Å². The average Bonchev–Trinajstić information content (AvgIpc) is 3.19. The molecule has 148 valence electrons. The SMILES string of the molecule is O=C1CN(c2ccc(NC(=O)c3csc(-c4ccc(Cl)cc4)n3)cc2Cl)CCN1. The molecule has 0 unspecified atom stereocenters. The van der Waals surface area contributed by atoms with Gasteiger partial charge in [-0.25, -0.2) is 4.98 Å². The summed E-state index contributed by atoms with van der Waals surface area (Å²) in [6, 6.07) is 12.5. The van der Waals surface area contributed by atoms with Crippen molar-refractivity contribution in [2.75, 3.05) is 29.9 Å². The predicted octanol–water partition coefficient (Wildman–Crippen LogP) is 4.31. The van der Waals surface area contributed by atoms with Crippen molar-refractivity contribution in [1.82, 2.24) is 10.3 Å². The number of halogens is 2. The number of nitrogens with one attached hydrogen (secondary N) is 2. The minimum Gasteiger partial charge on any atom is -0.359 e. The van der Waals surface area contributed by atoms with E-state index in [1.807, 2.05) is 17.0 Å². The summed E-state index contributed by atoms with van der Waals surface area (Å²) in [5, 5.41) is 9.16. The Bertz CT molecular complexity index is 1070. The summed E-state index contributed by atoms with van der Waals surface area (Å²) in [5.41, 5.74) is 2.55. The Morgan fingerprint density at radius 3 is 2.69 bits per heavy atom. The van der Waals surface area contributed by atoms with E-state index in [9.17, 15) is 9.59 Å². The zero-order valence-electron chi connectivity index (χ0n) is 15.1. The fourth-order valence-electron chi connectivity index (χ4n) is 2.98. The smallest absolute Gasteiger partial charge is 0.275 e. The Morgan fingerprint density at radius 1 is 1.17 bits per heavy atom. The first-order valence-corrected chi connectivity index (χ1v) is 10.5. The van der Waals surface area contributed by atoms with Crippen molar-refractivity contribution in [3.05, 3.63) is 63.6 Å². The number of amides is 2. The lowest BCUT2D eigenvalue weighted by Crippen LogP contribution is -2.47. The van der Waals surface area contributed by atoms with Gasteiger partial charge in [0.25, 0.3) is 5.91 Å². The van der Waals surface area contributed by atoms with Crippen LogP contribution in [0.3, 0.4) is 0 Å². The van der Waals surface area contributed by atoms with Gasteiger partial charge in [-0.05, 0) is 30.3 Å². The van der Waals surface area contributed by atoms with Crippen molar-refractivity contribution in [3.63, 3.8) is 0 Å². The third kappa shape index (κ3) is 4.53. The lowest BCUT2D eigenvalue weighted by atomic mass is 10.2. The highest BCUT2D eigenvalue weighted by atomic mass is 35.5. The standard InChI is InChI=1S/C20H16Cl2N4O2S/c21-13-3-1-12(2-4-13)20-25-16(11-29-20)19(28)24-14-5-6-17(15(22)9-14)26-8-7-23-18(27)10-26/h1-6,9,11H,7-8,10H2,(H,23,27)(H,24,28). The molecule has 0 atom stereocenters. The minimum absolute atomic E-state index is 0.0373. The van der Waals surface area contributed by atoms with E-state index in [0.29, 0.717) is 34.5 Å². The number of piperazine rings is 1. The Balaban J connectivity index is 1.46. The number of rotatable bonds is 4. The van der Waals surface area contributed by atoms with E-state index in [1.54, 1.807) is 35.7 Å². The van der Waals surface area contributed by atoms with Crippen LogP contribution < -0.4 is 15.5 Å². The van der Waals surface area contributed by atoms with Crippen LogP contribution in [0.25, 0.3) is 10.6 Å². The maximum Gasteiger partial charge on any atom is 0.275 e. The topological polar surface area (TPSA) is 74.3 Å². The molecule has 0 radical (unpaired) electrons. The van der Waals surface area contributed by atoms with Crippen LogP contribution in [0.5, 0.6) is 0 Å². The average molecular weight is 447 g/mol. The molecule has 9 heteroatoms. The Kier molecular flexibility index (Phi) is 5.71. The zero-order valence-corrected chi connectivity index (χ0v) is 17.4. The van der Waals surface area contributed by atoms with E-state index in [0.717, 1.165) is 16.3 Å². The van der Waals surface area contributed by atoms with Crippen molar-refractivity contribution in [1.29, 1.82) is 0 Å². The number of hydrogen-bond acceptors (Lipinski definition) is 5. The van der Waals surface area contributed by atoms with Crippen molar-refractivity contribution in [3.8, 4) is 10.6 Å². The van der Waals surface area contributed by atoms with Gasteiger partial charge in [-0.1, -0.05) is 35.3 Å². The first-order valence-electron chi connectivity index (χ1n) is 8.83. The maximum absolute atomic E-state index is 12.6. The number of hydrogen-bond donors (Lipinski definition) is 2. The fourth-order valence-corrected chi connectivity index (χ4v) is 4.22. The number of carbonyl (C=O) groups excluding carboxylic acids is 2. The van der Waals surface area contributed by atoms with Crippen LogP contribution in [-0.4, -0.2) is 36.4 Å². The second-order valence-corrected chi connectivity index (χ2v) is 8.14. The van der Waals surface area contributed by atoms with Gasteiger partial charge >= 0.3 is 0 Å². The molecule has 0 saturated carbocycles. The fraction of sp³-hybridized carbons (Fsp3) is 0.150. The van der Waals surface area contributed by atoms with Gasteiger partial charge in [0, 0.05) is 34.7 Å². The molecule has 2 N–H and O–H groups in total. The Hall–Kier alpha value is -2.61. The number of anilines is 2. The van der Waals surface area contributed by atoms with Crippen LogP contribution in [-0.2, 0) is 4.79 Å². The Labute approximate surface area is 181 Å². The molecule has 29 heavy (non-hydrogen) atoms. The first-order chi connectivity index (χ1) is 14.0. The monoisotopic (exact) mass is 446 g/mol. The van der Waals surface area contributed by atoms with Gasteiger partial charge in [0.15, 0.2) is 0 Å². The summed E-state index contributed by atoms with van der Waals surface area (Å²) in [5.74, 6) is -0.354. The van der Waals surface area contributed by atoms with Crippen LogP contribution in [0.1, 0.15) is 10.5 Å². The molecule has 2 aromatic carbocycles. The maximum atomic E-state index is 12.6. The minimum atomic E-state index is -0.317. The molecule has 1 saturated heterocycles. The molecule has 1 aliphatic heterocycles. The first kappa shape index (κ1) is 19.7. The summed E-state index contributed by atoms with van der Waals surface area (Å²) >= 11 is 13.7. The molecule has 3 aromatic rings. The van der Waals surface area contributed by atoms with E-state index >= 15 is 0 Å². The quantitative estimate of drug-likeness (QED) is 0.626. The van der Waals surface area contributed by atoms with Gasteiger partial charge in [0.2, 0.25) is 5.91 Å². The third-order valence-corrected chi connectivity index (χ3v) is 5.86. The van der Waals surface area contributed by atoms with Gasteiger partial charge in [-0.3, -0.25) is 9.59 Å². The molecule has 6 nitrogen and oxygen atoms in total. The van der Waals surface area contributed by atoms with E-state index in [4.69, 9.17) is 23.2 Å². The molecule has 1 aromatic heterocycles. The van der Waals surface area contributed by atoms with Crippen LogP contribution in [0.2, 0.25) is 10.0 Å². The molecule has 1 fully saturated rings. The summed E-state index contributed by atoms with van der Waals surface area (Å²) in [6.45, 7) is 1.52. The molecule has 1 aliphatic rings. The van der Waals surface area contributed by atoms with Crippen molar-refractivity contribution >= 4 is 57.7 Å². The second kappa shape index (κ2) is 8.41. The summed E-state index contributed by atoms with van der Waals surface area (Å²) in [7, 11) is 0. The molecule has 2 heterocycles. The van der Waals surface area contributed by atoms with Crippen molar-refractivity contribution in [2.45, 2.75) is 0 Å². The number of benzene rings is 2. The lowest BCUT2D eigenvalue weighted by molar-refractivity contribution is -0.120. The molecular formula is C20H16Cl2N4O2S. The van der Waals surface area contributed by atoms with Crippen LogP contribution in [0.4, 0.5) is 11.4 Å². The van der Waals surface area contributed by atoms with E-state index in [1.165, 1.54) is 11.3 Å². The highest BCUT2D eigenvalue weighted by molar-refractivity contribution is 7.13. The van der Waals surface area contributed by atoms with E-state index < -0.39 is 0 Å². The number of aromatic nitrogens is 1. The summed E-state index contributed by atoms with van der Waals surface area (Å²) in [6.07, 6.45) is 0. The van der Waals surface area contributed by atoms with Crippen molar-refractivity contribution in [2.24, 2.45) is 0 Å². The largest absolute Gasteiger partial charge is 0.359 e. The number of thiazole rings is 1.